The molecule has 2 aromatic carbocycles. The first-order valence-electron chi connectivity index (χ1n) is 6.24. The average Bonchev–Trinajstić information content (AvgIpc) is 2.47. The van der Waals surface area contributed by atoms with E-state index in [0.717, 1.165) is 5.56 Å². The zero-order valence-corrected chi connectivity index (χ0v) is 11.1. The van der Waals surface area contributed by atoms with Crippen molar-refractivity contribution in [3.05, 3.63) is 65.5 Å². The molecule has 4 N–H and O–H groups in total. The van der Waals surface area contributed by atoms with E-state index >= 15 is 0 Å². The smallest absolute Gasteiger partial charge is 0.253 e. The fraction of sp³-hybridized carbons (Fsp3) is 0.133. The molecule has 0 bridgehead atoms. The van der Waals surface area contributed by atoms with Crippen LogP contribution in [0.25, 0.3) is 0 Å². The van der Waals surface area contributed by atoms with Crippen LogP contribution in [0.15, 0.2) is 48.5 Å². The van der Waals surface area contributed by atoms with E-state index < -0.39 is 0 Å². The van der Waals surface area contributed by atoms with E-state index in [1.54, 1.807) is 36.4 Å². The van der Waals surface area contributed by atoms with Crippen molar-refractivity contribution >= 4 is 11.6 Å². The number of rotatable bonds is 4. The number of nitrogens with one attached hydrogen (secondary N) is 2. The molecule has 0 saturated heterocycles. The molecule has 1 atom stereocenters. The first-order valence-corrected chi connectivity index (χ1v) is 6.24. The summed E-state index contributed by atoms with van der Waals surface area (Å²) in [5.74, 6) is 4.83. The van der Waals surface area contributed by atoms with Crippen LogP contribution in [0.3, 0.4) is 0 Å². The summed E-state index contributed by atoms with van der Waals surface area (Å²) in [5, 5.41) is 2.85. The molecule has 0 saturated carbocycles. The monoisotopic (exact) mass is 273 g/mol. The molecule has 0 fully saturated rings. The molecule has 2 aromatic rings. The van der Waals surface area contributed by atoms with E-state index in [2.05, 4.69) is 10.7 Å². The number of para-hydroxylation sites is 1. The van der Waals surface area contributed by atoms with Crippen molar-refractivity contribution < 1.29 is 9.18 Å². The van der Waals surface area contributed by atoms with Gasteiger partial charge in [-0.1, -0.05) is 24.3 Å². The van der Waals surface area contributed by atoms with Gasteiger partial charge < -0.3 is 10.7 Å². The van der Waals surface area contributed by atoms with Crippen LogP contribution in [0.2, 0.25) is 0 Å². The van der Waals surface area contributed by atoms with Crippen molar-refractivity contribution in [2.24, 2.45) is 5.84 Å². The van der Waals surface area contributed by atoms with E-state index in [1.165, 1.54) is 12.1 Å². The Hall–Kier alpha value is -2.40. The highest BCUT2D eigenvalue weighted by atomic mass is 19.1. The van der Waals surface area contributed by atoms with Crippen LogP contribution in [0.4, 0.5) is 10.1 Å². The number of amides is 1. The van der Waals surface area contributed by atoms with E-state index in [0.29, 0.717) is 11.3 Å². The minimum absolute atomic E-state index is 0.228. The number of carbonyl (C=O) groups is 1. The highest BCUT2D eigenvalue weighted by Crippen LogP contribution is 2.17. The molecule has 5 heteroatoms. The van der Waals surface area contributed by atoms with Crippen molar-refractivity contribution in [3.8, 4) is 0 Å². The van der Waals surface area contributed by atoms with Gasteiger partial charge in [0, 0.05) is 0 Å². The predicted molar refractivity (Wildman–Crippen MR) is 76.5 cm³/mol. The Morgan fingerprint density at radius 2 is 1.80 bits per heavy atom. The fourth-order valence-corrected chi connectivity index (χ4v) is 1.92. The van der Waals surface area contributed by atoms with E-state index in [9.17, 15) is 9.18 Å². The summed E-state index contributed by atoms with van der Waals surface area (Å²) in [4.78, 5) is 12.2. The largest absolute Gasteiger partial charge is 0.345 e. The summed E-state index contributed by atoms with van der Waals surface area (Å²) < 4.78 is 12.9. The van der Waals surface area contributed by atoms with Crippen LogP contribution in [-0.4, -0.2) is 5.91 Å². The van der Waals surface area contributed by atoms with Gasteiger partial charge in [0.2, 0.25) is 0 Å². The van der Waals surface area contributed by atoms with Gasteiger partial charge in [0.15, 0.2) is 0 Å². The number of carbonyl (C=O) groups excluding carboxylic acids is 1. The maximum absolute atomic E-state index is 12.9. The molecular formula is C15H16FN3O. The Kier molecular flexibility index (Phi) is 4.32. The van der Waals surface area contributed by atoms with Gasteiger partial charge in [0.25, 0.3) is 5.91 Å². The van der Waals surface area contributed by atoms with Gasteiger partial charge in [0.1, 0.15) is 5.82 Å². The van der Waals surface area contributed by atoms with Crippen molar-refractivity contribution in [3.63, 3.8) is 0 Å². The topological polar surface area (TPSA) is 67.2 Å². The maximum atomic E-state index is 12.9. The molecule has 4 nitrogen and oxygen atoms in total. The van der Waals surface area contributed by atoms with E-state index in [-0.39, 0.29) is 17.8 Å². The highest BCUT2D eigenvalue weighted by molar-refractivity contribution is 5.99. The molecule has 0 radical (unpaired) electrons. The quantitative estimate of drug-likeness (QED) is 0.592. The number of nitrogens with two attached hydrogens (primary N) is 1. The van der Waals surface area contributed by atoms with E-state index in [1.807, 2.05) is 6.92 Å². The molecule has 0 aliphatic heterocycles. The van der Waals surface area contributed by atoms with Gasteiger partial charge in [0.05, 0.1) is 17.3 Å². The summed E-state index contributed by atoms with van der Waals surface area (Å²) in [5.41, 5.74) is 4.33. The molecule has 1 unspecified atom stereocenters. The summed E-state index contributed by atoms with van der Waals surface area (Å²) in [6, 6.07) is 12.8. The standard InChI is InChI=1S/C15H16FN3O/c1-10(11-6-8-12(16)9-7-11)18-15(20)13-4-2-3-5-14(13)19-17/h2-10,19H,17H2,1H3,(H,18,20). The van der Waals surface area contributed by atoms with Crippen LogP contribution in [0, 0.1) is 5.82 Å². The van der Waals surface area contributed by atoms with Crippen molar-refractivity contribution in [2.75, 3.05) is 5.43 Å². The lowest BCUT2D eigenvalue weighted by atomic mass is 10.1. The number of hydrogen-bond donors (Lipinski definition) is 3. The zero-order valence-electron chi connectivity index (χ0n) is 11.1. The Labute approximate surface area is 116 Å². The molecule has 104 valence electrons. The lowest BCUT2D eigenvalue weighted by molar-refractivity contribution is 0.0940. The first kappa shape index (κ1) is 14.0. The fourth-order valence-electron chi connectivity index (χ4n) is 1.92. The Morgan fingerprint density at radius 3 is 2.45 bits per heavy atom. The summed E-state index contributed by atoms with van der Waals surface area (Å²) in [6.45, 7) is 1.84. The average molecular weight is 273 g/mol. The lowest BCUT2D eigenvalue weighted by Crippen LogP contribution is -2.28. The SMILES string of the molecule is CC(NC(=O)c1ccccc1NN)c1ccc(F)cc1. The van der Waals surface area contributed by atoms with Gasteiger partial charge in [-0.2, -0.15) is 0 Å². The lowest BCUT2D eigenvalue weighted by Gasteiger charge is -2.16. The highest BCUT2D eigenvalue weighted by Gasteiger charge is 2.14. The van der Waals surface area contributed by atoms with Crippen LogP contribution >= 0.6 is 0 Å². The zero-order chi connectivity index (χ0) is 14.5. The van der Waals surface area contributed by atoms with Gasteiger partial charge in [-0.05, 0) is 36.8 Å². The van der Waals surface area contributed by atoms with Crippen molar-refractivity contribution in [1.82, 2.24) is 5.32 Å². The minimum Gasteiger partial charge on any atom is -0.345 e. The minimum atomic E-state index is -0.301. The Morgan fingerprint density at radius 1 is 1.15 bits per heavy atom. The third kappa shape index (κ3) is 3.13. The van der Waals surface area contributed by atoms with Crippen LogP contribution in [0.1, 0.15) is 28.9 Å². The predicted octanol–water partition coefficient (Wildman–Crippen LogP) is 2.60. The van der Waals surface area contributed by atoms with Gasteiger partial charge >= 0.3 is 0 Å². The number of hydrazine groups is 1. The van der Waals surface area contributed by atoms with Crippen molar-refractivity contribution in [1.29, 1.82) is 0 Å². The number of halogens is 1. The first-order chi connectivity index (χ1) is 9.61. The van der Waals surface area contributed by atoms with Crippen LogP contribution in [0.5, 0.6) is 0 Å². The van der Waals surface area contributed by atoms with Crippen LogP contribution < -0.4 is 16.6 Å². The molecule has 0 heterocycles. The molecule has 20 heavy (non-hydrogen) atoms. The van der Waals surface area contributed by atoms with Gasteiger partial charge in [-0.25, -0.2) is 4.39 Å². The summed E-state index contributed by atoms with van der Waals surface area (Å²) in [6.07, 6.45) is 0. The maximum Gasteiger partial charge on any atom is 0.253 e. The molecule has 1 amide bonds. The number of benzene rings is 2. The molecule has 0 aliphatic carbocycles. The molecular weight excluding hydrogens is 257 g/mol. The van der Waals surface area contributed by atoms with Gasteiger partial charge in [-0.15, -0.1) is 0 Å². The van der Waals surface area contributed by atoms with Crippen molar-refractivity contribution in [2.45, 2.75) is 13.0 Å². The second-order valence-electron chi connectivity index (χ2n) is 4.44. The number of nitrogen functional groups attached to an aromatic ring is 1. The number of anilines is 1. The molecule has 2 rings (SSSR count). The Balaban J connectivity index is 2.13. The normalized spacial score (nSPS) is 11.8. The molecule has 0 aliphatic rings. The second-order valence-corrected chi connectivity index (χ2v) is 4.44. The van der Waals surface area contributed by atoms with E-state index in [4.69, 9.17) is 5.84 Å². The van der Waals surface area contributed by atoms with Crippen LogP contribution in [-0.2, 0) is 0 Å². The molecule has 0 aromatic heterocycles. The van der Waals surface area contributed by atoms with Gasteiger partial charge in [-0.3, -0.25) is 10.6 Å². The summed E-state index contributed by atoms with van der Waals surface area (Å²) >= 11 is 0. The third-order valence-corrected chi connectivity index (χ3v) is 3.04. The third-order valence-electron chi connectivity index (χ3n) is 3.04. The second kappa shape index (κ2) is 6.16. The Bertz CT molecular complexity index is 598. The molecule has 0 spiro atoms. The summed E-state index contributed by atoms with van der Waals surface area (Å²) in [7, 11) is 0. The number of hydrogen-bond acceptors (Lipinski definition) is 3.